The Morgan fingerprint density at radius 2 is 1.71 bits per heavy atom. The van der Waals surface area contributed by atoms with Crippen molar-refractivity contribution in [3.8, 4) is 11.5 Å². The van der Waals surface area contributed by atoms with Gasteiger partial charge in [0.25, 0.3) is 0 Å². The molecule has 3 rings (SSSR count). The van der Waals surface area contributed by atoms with Crippen molar-refractivity contribution < 1.29 is 19.1 Å². The molecule has 190 valence electrons. The Bertz CT molecular complexity index is 944. The third kappa shape index (κ3) is 8.20. The zero-order chi connectivity index (χ0) is 25.0. The number of carbonyl (C=O) groups is 2. The monoisotopic (exact) mass is 498 g/mol. The molecule has 2 aromatic rings. The highest BCUT2D eigenvalue weighted by Gasteiger charge is 2.30. The summed E-state index contributed by atoms with van der Waals surface area (Å²) in [4.78, 5) is 28.5. The smallest absolute Gasteiger partial charge is 0.243 e. The van der Waals surface area contributed by atoms with E-state index in [2.05, 4.69) is 5.32 Å². The third-order valence-electron chi connectivity index (χ3n) is 6.48. The van der Waals surface area contributed by atoms with Gasteiger partial charge in [-0.05, 0) is 54.7 Å². The molecule has 2 amide bonds. The van der Waals surface area contributed by atoms with E-state index in [1.54, 1.807) is 30.9 Å². The van der Waals surface area contributed by atoms with Crippen LogP contribution >= 0.6 is 11.8 Å². The number of nitrogens with one attached hydrogen (secondary N) is 1. The Kier molecular flexibility index (Phi) is 10.8. The summed E-state index contributed by atoms with van der Waals surface area (Å²) < 4.78 is 10.6. The standard InChI is InChI=1S/C28H38N2O4S/c1-4-26(28(32)29-23-10-6-5-7-11-23)30(18-22-9-8-12-25(17-22)34-3)27(31)20-35-19-21-13-15-24(33-2)16-14-21/h8-9,12-17,23,26H,4-7,10-11,18-20H2,1-3H3,(H,29,32)/t26-/m1/s1. The Labute approximate surface area is 213 Å². The number of ether oxygens (including phenoxy) is 2. The van der Waals surface area contributed by atoms with E-state index in [1.807, 2.05) is 55.5 Å². The first-order valence-electron chi connectivity index (χ1n) is 12.5. The van der Waals surface area contributed by atoms with Crippen LogP contribution in [0.3, 0.4) is 0 Å². The van der Waals surface area contributed by atoms with Gasteiger partial charge in [-0.25, -0.2) is 0 Å². The van der Waals surface area contributed by atoms with Crippen molar-refractivity contribution in [2.75, 3.05) is 20.0 Å². The number of methoxy groups -OCH3 is 2. The Hall–Kier alpha value is -2.67. The van der Waals surface area contributed by atoms with Crippen LogP contribution in [0.25, 0.3) is 0 Å². The number of hydrogen-bond acceptors (Lipinski definition) is 5. The minimum absolute atomic E-state index is 0.0306. The molecule has 0 saturated heterocycles. The van der Waals surface area contributed by atoms with E-state index in [4.69, 9.17) is 9.47 Å². The minimum atomic E-state index is -0.503. The van der Waals surface area contributed by atoms with Crippen LogP contribution in [-0.4, -0.2) is 48.8 Å². The maximum atomic E-state index is 13.5. The quantitative estimate of drug-likeness (QED) is 0.436. The van der Waals surface area contributed by atoms with E-state index >= 15 is 0 Å². The van der Waals surface area contributed by atoms with Gasteiger partial charge in [-0.1, -0.05) is 50.5 Å². The molecule has 0 aliphatic heterocycles. The van der Waals surface area contributed by atoms with Crippen LogP contribution in [0.4, 0.5) is 0 Å². The minimum Gasteiger partial charge on any atom is -0.497 e. The average Bonchev–Trinajstić information content (AvgIpc) is 2.89. The van der Waals surface area contributed by atoms with Crippen LogP contribution < -0.4 is 14.8 Å². The first-order chi connectivity index (χ1) is 17.0. The van der Waals surface area contributed by atoms with E-state index in [9.17, 15) is 9.59 Å². The molecular weight excluding hydrogens is 460 g/mol. The topological polar surface area (TPSA) is 67.9 Å². The molecule has 0 radical (unpaired) electrons. The molecule has 0 aromatic heterocycles. The van der Waals surface area contributed by atoms with Crippen molar-refractivity contribution in [1.82, 2.24) is 10.2 Å². The van der Waals surface area contributed by atoms with Crippen molar-refractivity contribution in [2.45, 2.75) is 69.8 Å². The number of nitrogens with zero attached hydrogens (tertiary/aromatic N) is 1. The molecule has 0 bridgehead atoms. The molecular formula is C28H38N2O4S. The maximum absolute atomic E-state index is 13.5. The Balaban J connectivity index is 1.70. The van der Waals surface area contributed by atoms with Crippen molar-refractivity contribution >= 4 is 23.6 Å². The first kappa shape index (κ1) is 26.9. The fourth-order valence-electron chi connectivity index (χ4n) is 4.49. The molecule has 1 fully saturated rings. The number of hydrogen-bond donors (Lipinski definition) is 1. The summed E-state index contributed by atoms with van der Waals surface area (Å²) in [5.74, 6) is 2.50. The largest absolute Gasteiger partial charge is 0.497 e. The summed E-state index contributed by atoms with van der Waals surface area (Å²) in [5, 5.41) is 3.23. The van der Waals surface area contributed by atoms with Gasteiger partial charge in [0.15, 0.2) is 0 Å². The first-order valence-corrected chi connectivity index (χ1v) is 13.6. The second-order valence-corrected chi connectivity index (χ2v) is 9.97. The van der Waals surface area contributed by atoms with Crippen LogP contribution in [-0.2, 0) is 21.9 Å². The molecule has 0 unspecified atom stereocenters. The van der Waals surface area contributed by atoms with Gasteiger partial charge >= 0.3 is 0 Å². The highest BCUT2D eigenvalue weighted by molar-refractivity contribution is 7.99. The van der Waals surface area contributed by atoms with E-state index in [1.165, 1.54) is 6.42 Å². The normalized spacial score (nSPS) is 14.7. The van der Waals surface area contributed by atoms with Crippen LogP contribution in [0.2, 0.25) is 0 Å². The molecule has 1 aliphatic rings. The van der Waals surface area contributed by atoms with E-state index in [0.29, 0.717) is 24.5 Å². The van der Waals surface area contributed by atoms with Crippen molar-refractivity contribution in [2.24, 2.45) is 0 Å². The Morgan fingerprint density at radius 1 is 1.00 bits per heavy atom. The SMILES string of the molecule is CC[C@H](C(=O)NC1CCCCC1)N(Cc1cccc(OC)c1)C(=O)CSCc1ccc(OC)cc1. The summed E-state index contributed by atoms with van der Waals surface area (Å²) in [5.41, 5.74) is 2.08. The number of carbonyl (C=O) groups excluding carboxylic acids is 2. The van der Waals surface area contributed by atoms with Crippen molar-refractivity contribution in [3.05, 3.63) is 59.7 Å². The molecule has 2 aromatic carbocycles. The fraction of sp³-hybridized carbons (Fsp3) is 0.500. The van der Waals surface area contributed by atoms with Crippen LogP contribution in [0.15, 0.2) is 48.5 Å². The average molecular weight is 499 g/mol. The number of thioether (sulfide) groups is 1. The second-order valence-electron chi connectivity index (χ2n) is 8.98. The fourth-order valence-corrected chi connectivity index (χ4v) is 5.36. The molecule has 1 atom stereocenters. The molecule has 1 N–H and O–H groups in total. The van der Waals surface area contributed by atoms with Gasteiger partial charge in [0.2, 0.25) is 11.8 Å². The summed E-state index contributed by atoms with van der Waals surface area (Å²) in [6, 6.07) is 15.3. The molecule has 1 saturated carbocycles. The lowest BCUT2D eigenvalue weighted by Gasteiger charge is -2.32. The zero-order valence-electron chi connectivity index (χ0n) is 21.1. The Morgan fingerprint density at radius 3 is 2.37 bits per heavy atom. The van der Waals surface area contributed by atoms with Gasteiger partial charge in [-0.15, -0.1) is 11.8 Å². The summed E-state index contributed by atoms with van der Waals surface area (Å²) in [7, 11) is 3.28. The van der Waals surface area contributed by atoms with Gasteiger partial charge in [0, 0.05) is 18.3 Å². The van der Waals surface area contributed by atoms with Crippen molar-refractivity contribution in [1.29, 1.82) is 0 Å². The maximum Gasteiger partial charge on any atom is 0.243 e. The number of rotatable bonds is 12. The highest BCUT2D eigenvalue weighted by Crippen LogP contribution is 2.22. The molecule has 1 aliphatic carbocycles. The van der Waals surface area contributed by atoms with E-state index < -0.39 is 6.04 Å². The number of benzene rings is 2. The van der Waals surface area contributed by atoms with Gasteiger partial charge < -0.3 is 19.7 Å². The molecule has 6 nitrogen and oxygen atoms in total. The van der Waals surface area contributed by atoms with Crippen LogP contribution in [0.5, 0.6) is 11.5 Å². The van der Waals surface area contributed by atoms with Crippen molar-refractivity contribution in [3.63, 3.8) is 0 Å². The van der Waals surface area contributed by atoms with E-state index in [-0.39, 0.29) is 17.9 Å². The van der Waals surface area contributed by atoms with Gasteiger partial charge in [0.1, 0.15) is 17.5 Å². The lowest BCUT2D eigenvalue weighted by atomic mass is 9.95. The lowest BCUT2D eigenvalue weighted by molar-refractivity contribution is -0.139. The predicted molar refractivity (Wildman–Crippen MR) is 142 cm³/mol. The second kappa shape index (κ2) is 14.0. The predicted octanol–water partition coefficient (Wildman–Crippen LogP) is 5.19. The summed E-state index contributed by atoms with van der Waals surface area (Å²) >= 11 is 1.56. The van der Waals surface area contributed by atoms with Gasteiger partial charge in [-0.3, -0.25) is 9.59 Å². The van der Waals surface area contributed by atoms with Gasteiger partial charge in [0.05, 0.1) is 20.0 Å². The third-order valence-corrected chi connectivity index (χ3v) is 7.47. The van der Waals surface area contributed by atoms with E-state index in [0.717, 1.165) is 48.3 Å². The zero-order valence-corrected chi connectivity index (χ0v) is 21.9. The summed E-state index contributed by atoms with van der Waals surface area (Å²) in [6.45, 7) is 2.34. The molecule has 0 spiro atoms. The highest BCUT2D eigenvalue weighted by atomic mass is 32.2. The van der Waals surface area contributed by atoms with Crippen LogP contribution in [0, 0.1) is 0 Å². The van der Waals surface area contributed by atoms with Gasteiger partial charge in [-0.2, -0.15) is 0 Å². The molecule has 35 heavy (non-hydrogen) atoms. The molecule has 0 heterocycles. The van der Waals surface area contributed by atoms with Crippen LogP contribution in [0.1, 0.15) is 56.6 Å². The number of amides is 2. The lowest BCUT2D eigenvalue weighted by Crippen LogP contribution is -2.52. The summed E-state index contributed by atoms with van der Waals surface area (Å²) in [6.07, 6.45) is 6.13. The molecule has 7 heteroatoms.